The molecule has 2 aromatic carbocycles. The summed E-state index contributed by atoms with van der Waals surface area (Å²) in [6.45, 7) is 5.28. The van der Waals surface area contributed by atoms with E-state index in [9.17, 15) is 0 Å². The summed E-state index contributed by atoms with van der Waals surface area (Å²) < 4.78 is 13.5. The number of rotatable bonds is 5. The van der Waals surface area contributed by atoms with E-state index in [0.29, 0.717) is 34.7 Å². The van der Waals surface area contributed by atoms with Gasteiger partial charge in [-0.3, -0.25) is 0 Å². The van der Waals surface area contributed by atoms with Crippen LogP contribution in [0.5, 0.6) is 11.5 Å². The molecule has 4 rings (SSSR count). The molecule has 2 heterocycles. The van der Waals surface area contributed by atoms with E-state index in [1.54, 1.807) is 29.2 Å². The Morgan fingerprint density at radius 3 is 2.37 bits per heavy atom. The normalized spacial score (nSPS) is 18.2. The highest BCUT2D eigenvalue weighted by molar-refractivity contribution is 6.31. The number of halogens is 2. The molecule has 7 heteroatoms. The fourth-order valence-corrected chi connectivity index (χ4v) is 3.38. The van der Waals surface area contributed by atoms with Crippen LogP contribution in [0.15, 0.2) is 55.1 Å². The number of nitrogens with zero attached hydrogens (tertiary/aromatic N) is 3. The van der Waals surface area contributed by atoms with Gasteiger partial charge in [0.1, 0.15) is 29.8 Å². The first-order chi connectivity index (χ1) is 13.1. The third kappa shape index (κ3) is 4.43. The van der Waals surface area contributed by atoms with Gasteiger partial charge in [0, 0.05) is 17.0 Å². The molecule has 1 atom stereocenters. The van der Waals surface area contributed by atoms with Crippen LogP contribution in [0.3, 0.4) is 0 Å². The minimum absolute atomic E-state index is 0.469. The number of aromatic nitrogens is 3. The molecule has 27 heavy (non-hydrogen) atoms. The molecule has 1 saturated heterocycles. The van der Waals surface area contributed by atoms with Gasteiger partial charge in [0.2, 0.25) is 0 Å². The van der Waals surface area contributed by atoms with Gasteiger partial charge in [-0.15, -0.1) is 0 Å². The van der Waals surface area contributed by atoms with Gasteiger partial charge in [-0.2, -0.15) is 5.10 Å². The van der Waals surface area contributed by atoms with Crippen molar-refractivity contribution in [1.82, 2.24) is 14.8 Å². The maximum absolute atomic E-state index is 6.53. The van der Waals surface area contributed by atoms with Gasteiger partial charge >= 0.3 is 0 Å². The van der Waals surface area contributed by atoms with E-state index in [0.717, 1.165) is 12.0 Å². The minimum atomic E-state index is -0.469. The third-order valence-corrected chi connectivity index (χ3v) is 4.81. The zero-order chi connectivity index (χ0) is 19.3. The molecule has 0 bridgehead atoms. The van der Waals surface area contributed by atoms with Crippen LogP contribution in [-0.2, 0) is 16.9 Å². The number of ether oxygens (including phenoxy) is 2. The van der Waals surface area contributed by atoms with Crippen molar-refractivity contribution < 1.29 is 9.47 Å². The molecule has 142 valence electrons. The Bertz CT molecular complexity index is 863. The number of hydrogen-bond donors (Lipinski definition) is 0. The lowest BCUT2D eigenvalue weighted by Crippen LogP contribution is -2.44. The van der Waals surface area contributed by atoms with Crippen LogP contribution in [0, 0.1) is 0 Å². The maximum Gasteiger partial charge on any atom is 0.137 e. The Morgan fingerprint density at radius 2 is 1.81 bits per heavy atom. The lowest BCUT2D eigenvalue weighted by Gasteiger charge is -2.42. The van der Waals surface area contributed by atoms with Gasteiger partial charge in [-0.05, 0) is 36.4 Å². The topological polar surface area (TPSA) is 49.2 Å². The molecule has 1 aromatic heterocycles. The summed E-state index contributed by atoms with van der Waals surface area (Å²) >= 11 is 12.4. The second-order valence-electron chi connectivity index (χ2n) is 5.88. The van der Waals surface area contributed by atoms with Gasteiger partial charge < -0.3 is 9.47 Å². The Morgan fingerprint density at radius 1 is 1.11 bits per heavy atom. The largest absolute Gasteiger partial charge is 0.457 e. The van der Waals surface area contributed by atoms with Gasteiger partial charge in [0.15, 0.2) is 0 Å². The summed E-state index contributed by atoms with van der Waals surface area (Å²) in [5, 5.41) is 5.43. The SMILES string of the molecule is CC.Clc1ccc(Oc2ccc(C3(Cn4cncn4)CCO3)c(Cl)c2)cc1. The van der Waals surface area contributed by atoms with Crippen LogP contribution in [0.2, 0.25) is 10.0 Å². The standard InChI is InChI=1S/C18H15Cl2N3O2.C2H6/c19-13-1-3-14(4-2-13)25-15-5-6-16(17(20)9-15)18(7-8-24-18)10-23-12-21-11-22-23;1-2/h1-6,9,11-12H,7-8,10H2;1-2H3. The molecule has 0 amide bonds. The maximum atomic E-state index is 6.53. The smallest absolute Gasteiger partial charge is 0.137 e. The van der Waals surface area contributed by atoms with Crippen LogP contribution >= 0.6 is 23.2 Å². The molecule has 0 N–H and O–H groups in total. The first kappa shape index (κ1) is 19.7. The van der Waals surface area contributed by atoms with Crippen molar-refractivity contribution in [2.24, 2.45) is 0 Å². The first-order valence-corrected chi connectivity index (χ1v) is 9.60. The molecule has 1 fully saturated rings. The molecule has 1 unspecified atom stereocenters. The van der Waals surface area contributed by atoms with Crippen LogP contribution in [0.4, 0.5) is 0 Å². The summed E-state index contributed by atoms with van der Waals surface area (Å²) in [6, 6.07) is 12.8. The van der Waals surface area contributed by atoms with Crippen LogP contribution < -0.4 is 4.74 Å². The van der Waals surface area contributed by atoms with Gasteiger partial charge in [-0.1, -0.05) is 43.1 Å². The third-order valence-electron chi connectivity index (χ3n) is 4.25. The molecule has 0 aliphatic carbocycles. The molecule has 0 radical (unpaired) electrons. The molecule has 5 nitrogen and oxygen atoms in total. The van der Waals surface area contributed by atoms with Crippen LogP contribution in [-0.4, -0.2) is 21.4 Å². The Balaban J connectivity index is 0.00000102. The van der Waals surface area contributed by atoms with E-state index < -0.39 is 5.60 Å². The highest BCUT2D eigenvalue weighted by Gasteiger charge is 2.42. The molecular formula is C20H21Cl2N3O2. The number of hydrogen-bond acceptors (Lipinski definition) is 4. The lowest BCUT2D eigenvalue weighted by atomic mass is 9.86. The second-order valence-corrected chi connectivity index (χ2v) is 6.73. The highest BCUT2D eigenvalue weighted by atomic mass is 35.5. The average molecular weight is 406 g/mol. The van der Waals surface area contributed by atoms with Crippen molar-refractivity contribution in [3.63, 3.8) is 0 Å². The highest BCUT2D eigenvalue weighted by Crippen LogP contribution is 2.43. The van der Waals surface area contributed by atoms with Gasteiger partial charge in [0.05, 0.1) is 18.2 Å². The zero-order valence-electron chi connectivity index (χ0n) is 15.2. The monoisotopic (exact) mass is 405 g/mol. The zero-order valence-corrected chi connectivity index (χ0v) is 16.7. The van der Waals surface area contributed by atoms with E-state index >= 15 is 0 Å². The Hall–Kier alpha value is -2.08. The fourth-order valence-electron chi connectivity index (χ4n) is 2.91. The van der Waals surface area contributed by atoms with Crippen molar-refractivity contribution in [3.8, 4) is 11.5 Å². The Kier molecular flexibility index (Phi) is 6.37. The molecule has 0 spiro atoms. The van der Waals surface area contributed by atoms with Crippen molar-refractivity contribution in [2.45, 2.75) is 32.4 Å². The van der Waals surface area contributed by atoms with Crippen molar-refractivity contribution in [1.29, 1.82) is 0 Å². The predicted molar refractivity (Wildman–Crippen MR) is 107 cm³/mol. The van der Waals surface area contributed by atoms with E-state index in [1.165, 1.54) is 6.33 Å². The van der Waals surface area contributed by atoms with E-state index in [4.69, 9.17) is 32.7 Å². The Labute approximate surface area is 168 Å². The summed E-state index contributed by atoms with van der Waals surface area (Å²) in [5.41, 5.74) is 0.461. The summed E-state index contributed by atoms with van der Waals surface area (Å²) in [5.74, 6) is 1.36. The molecule has 0 saturated carbocycles. The first-order valence-electron chi connectivity index (χ1n) is 8.84. The van der Waals surface area contributed by atoms with Crippen molar-refractivity contribution >= 4 is 23.2 Å². The molecule has 3 aromatic rings. The predicted octanol–water partition coefficient (Wildman–Crippen LogP) is 5.72. The lowest BCUT2D eigenvalue weighted by molar-refractivity contribution is -0.165. The van der Waals surface area contributed by atoms with Gasteiger partial charge in [-0.25, -0.2) is 9.67 Å². The number of benzene rings is 2. The van der Waals surface area contributed by atoms with Gasteiger partial charge in [0.25, 0.3) is 0 Å². The molecule has 1 aliphatic rings. The summed E-state index contributed by atoms with van der Waals surface area (Å²) in [7, 11) is 0. The van der Waals surface area contributed by atoms with E-state index in [2.05, 4.69) is 10.1 Å². The minimum Gasteiger partial charge on any atom is -0.457 e. The molecule has 1 aliphatic heterocycles. The summed E-state index contributed by atoms with van der Waals surface area (Å²) in [6.07, 6.45) is 4.07. The molecular weight excluding hydrogens is 385 g/mol. The van der Waals surface area contributed by atoms with Crippen molar-refractivity contribution in [2.75, 3.05) is 6.61 Å². The second kappa shape index (κ2) is 8.74. The van der Waals surface area contributed by atoms with E-state index in [-0.39, 0.29) is 0 Å². The fraction of sp³-hybridized carbons (Fsp3) is 0.300. The average Bonchev–Trinajstić information content (AvgIpc) is 3.16. The van der Waals surface area contributed by atoms with E-state index in [1.807, 2.05) is 38.1 Å². The van der Waals surface area contributed by atoms with Crippen LogP contribution in [0.1, 0.15) is 25.8 Å². The van der Waals surface area contributed by atoms with Crippen molar-refractivity contribution in [3.05, 3.63) is 70.7 Å². The summed E-state index contributed by atoms with van der Waals surface area (Å²) in [4.78, 5) is 3.98. The quantitative estimate of drug-likeness (QED) is 0.544. The van der Waals surface area contributed by atoms with Crippen LogP contribution in [0.25, 0.3) is 0 Å².